The Hall–Kier alpha value is -1.37. The minimum atomic E-state index is -3.70. The van der Waals surface area contributed by atoms with Crippen LogP contribution in [0.4, 0.5) is 5.00 Å². The molecule has 1 saturated heterocycles. The van der Waals surface area contributed by atoms with Crippen molar-refractivity contribution < 1.29 is 8.42 Å². The van der Waals surface area contributed by atoms with E-state index < -0.39 is 10.0 Å². The number of nitrogens with zero attached hydrogens (tertiary/aromatic N) is 2. The van der Waals surface area contributed by atoms with Crippen molar-refractivity contribution in [2.24, 2.45) is 10.1 Å². The summed E-state index contributed by atoms with van der Waals surface area (Å²) in [6.45, 7) is 5.21. The van der Waals surface area contributed by atoms with Crippen LogP contribution in [0.25, 0.3) is 0 Å². The summed E-state index contributed by atoms with van der Waals surface area (Å²) in [5, 5.41) is 15.4. The molecule has 1 aliphatic rings. The first kappa shape index (κ1) is 23.9. The highest BCUT2D eigenvalue weighted by Gasteiger charge is 2.20. The number of nitrogens with one attached hydrogen (secondary N) is 2. The maximum Gasteiger partial charge on any atom is 0.238 e. The Morgan fingerprint density at radius 1 is 1.28 bits per heavy atom. The zero-order valence-electron chi connectivity index (χ0n) is 16.4. The minimum absolute atomic E-state index is 0. The smallest absolute Gasteiger partial charge is 0.238 e. The molecule has 0 bridgehead atoms. The topological polar surface area (TPSA) is 99.8 Å². The number of halogens is 1. The predicted molar refractivity (Wildman–Crippen MR) is 131 cm³/mol. The summed E-state index contributed by atoms with van der Waals surface area (Å²) in [5.74, 6) is 0.748. The number of nitrogens with two attached hydrogens (primary N) is 1. The second-order valence-corrected chi connectivity index (χ2v) is 9.23. The molecule has 0 spiro atoms. The van der Waals surface area contributed by atoms with Gasteiger partial charge in [0.15, 0.2) is 5.96 Å². The van der Waals surface area contributed by atoms with Crippen molar-refractivity contribution in [1.29, 1.82) is 0 Å². The van der Waals surface area contributed by atoms with Gasteiger partial charge in [0, 0.05) is 25.7 Å². The minimum Gasteiger partial charge on any atom is -0.363 e. The van der Waals surface area contributed by atoms with Crippen molar-refractivity contribution in [2.75, 3.05) is 24.5 Å². The molecule has 4 N–H and O–H groups in total. The molecule has 29 heavy (non-hydrogen) atoms. The van der Waals surface area contributed by atoms with E-state index in [4.69, 9.17) is 5.14 Å². The molecule has 1 aromatic heterocycles. The van der Waals surface area contributed by atoms with Crippen LogP contribution in [0.1, 0.15) is 25.3 Å². The molecule has 7 nitrogen and oxygen atoms in total. The molecular weight excluding hydrogens is 521 g/mol. The lowest BCUT2D eigenvalue weighted by molar-refractivity contribution is 0.463. The molecule has 0 radical (unpaired) electrons. The Bertz CT molecular complexity index is 895. The number of primary sulfonamides is 1. The Balaban J connectivity index is 0.00000300. The molecule has 1 aromatic carbocycles. The average molecular weight is 550 g/mol. The van der Waals surface area contributed by atoms with Gasteiger partial charge in [-0.3, -0.25) is 0 Å². The van der Waals surface area contributed by atoms with Crippen LogP contribution in [0.3, 0.4) is 0 Å². The van der Waals surface area contributed by atoms with Gasteiger partial charge in [0.1, 0.15) is 0 Å². The number of guanidine groups is 1. The number of rotatable bonds is 6. The van der Waals surface area contributed by atoms with Crippen LogP contribution in [0.5, 0.6) is 0 Å². The van der Waals surface area contributed by atoms with E-state index in [1.54, 1.807) is 23.5 Å². The third-order valence-electron chi connectivity index (χ3n) is 4.64. The van der Waals surface area contributed by atoms with E-state index in [-0.39, 0.29) is 28.9 Å². The summed E-state index contributed by atoms with van der Waals surface area (Å²) in [6.07, 6.45) is 2.09. The third-order valence-corrected chi connectivity index (χ3v) is 6.48. The van der Waals surface area contributed by atoms with Crippen LogP contribution in [0, 0.1) is 0 Å². The molecule has 0 amide bonds. The van der Waals surface area contributed by atoms with Crippen molar-refractivity contribution in [1.82, 2.24) is 10.6 Å². The first-order chi connectivity index (χ1) is 13.5. The lowest BCUT2D eigenvalue weighted by Gasteiger charge is -2.33. The van der Waals surface area contributed by atoms with Crippen molar-refractivity contribution >= 4 is 56.3 Å². The molecule has 2 heterocycles. The van der Waals surface area contributed by atoms with E-state index in [0.29, 0.717) is 12.6 Å². The summed E-state index contributed by atoms with van der Waals surface area (Å²) in [4.78, 5) is 7.15. The summed E-state index contributed by atoms with van der Waals surface area (Å²) < 4.78 is 23.0. The number of benzene rings is 1. The third kappa shape index (κ3) is 7.12. The Morgan fingerprint density at radius 2 is 2.03 bits per heavy atom. The fourth-order valence-corrected chi connectivity index (χ4v) is 4.57. The van der Waals surface area contributed by atoms with Gasteiger partial charge in [-0.2, -0.15) is 0 Å². The molecule has 0 aliphatic carbocycles. The number of hydrogen-bond donors (Lipinski definition) is 3. The molecule has 0 atom stereocenters. The van der Waals surface area contributed by atoms with Crippen LogP contribution < -0.4 is 20.7 Å². The average Bonchev–Trinajstić information content (AvgIpc) is 3.21. The van der Waals surface area contributed by atoms with Gasteiger partial charge in [0.2, 0.25) is 10.0 Å². The Labute approximate surface area is 193 Å². The van der Waals surface area contributed by atoms with Gasteiger partial charge in [-0.25, -0.2) is 18.5 Å². The number of hydrogen-bond acceptors (Lipinski definition) is 5. The van der Waals surface area contributed by atoms with Gasteiger partial charge in [-0.1, -0.05) is 12.1 Å². The van der Waals surface area contributed by atoms with E-state index in [1.165, 1.54) is 11.1 Å². The predicted octanol–water partition coefficient (Wildman–Crippen LogP) is 2.74. The van der Waals surface area contributed by atoms with Crippen LogP contribution >= 0.6 is 35.3 Å². The fraction of sp³-hybridized carbons (Fsp3) is 0.421. The second-order valence-electron chi connectivity index (χ2n) is 6.74. The van der Waals surface area contributed by atoms with Crippen LogP contribution in [0.2, 0.25) is 0 Å². The van der Waals surface area contributed by atoms with Gasteiger partial charge in [0.05, 0.1) is 16.4 Å². The molecule has 0 unspecified atom stereocenters. The lowest BCUT2D eigenvalue weighted by Crippen LogP contribution is -2.48. The van der Waals surface area contributed by atoms with Gasteiger partial charge >= 0.3 is 0 Å². The number of thiophene rings is 1. The number of sulfonamides is 1. The van der Waals surface area contributed by atoms with Gasteiger partial charge in [-0.05, 0) is 55.0 Å². The number of piperidine rings is 1. The fourth-order valence-electron chi connectivity index (χ4n) is 3.20. The summed E-state index contributed by atoms with van der Waals surface area (Å²) in [5.41, 5.74) is 0.802. The van der Waals surface area contributed by atoms with E-state index in [9.17, 15) is 8.42 Å². The SMILES string of the molecule is CCNC(=NCc1cccc(S(N)(=O)=O)c1)NC1CCN(c2cccs2)CC1.I. The van der Waals surface area contributed by atoms with Gasteiger partial charge in [-0.15, -0.1) is 35.3 Å². The van der Waals surface area contributed by atoms with Crippen LogP contribution in [0.15, 0.2) is 51.7 Å². The van der Waals surface area contributed by atoms with E-state index in [2.05, 4.69) is 38.0 Å². The standard InChI is InChI=1S/C19H27N5O2S2.HI/c1-2-21-19(22-14-15-5-3-6-17(13-15)28(20,25)26)23-16-8-10-24(11-9-16)18-7-4-12-27-18;/h3-7,12-13,16H,2,8-11,14H2,1H3,(H2,20,25,26)(H2,21,22,23);1H. The zero-order chi connectivity index (χ0) is 20.0. The quantitative estimate of drug-likeness (QED) is 0.293. The normalized spacial score (nSPS) is 15.7. The Morgan fingerprint density at radius 3 is 2.66 bits per heavy atom. The summed E-state index contributed by atoms with van der Waals surface area (Å²) in [7, 11) is -3.70. The maximum absolute atomic E-state index is 11.5. The van der Waals surface area contributed by atoms with Gasteiger partial charge in [0.25, 0.3) is 0 Å². The van der Waals surface area contributed by atoms with Crippen molar-refractivity contribution in [3.05, 3.63) is 47.3 Å². The first-order valence-corrected chi connectivity index (χ1v) is 11.8. The number of anilines is 1. The molecule has 160 valence electrons. The number of aliphatic imine (C=N–C) groups is 1. The largest absolute Gasteiger partial charge is 0.363 e. The highest BCUT2D eigenvalue weighted by molar-refractivity contribution is 14.0. The Kier molecular flexibility index (Phi) is 9.18. The van der Waals surface area contributed by atoms with Crippen LogP contribution in [-0.4, -0.2) is 40.1 Å². The monoisotopic (exact) mass is 549 g/mol. The van der Waals surface area contributed by atoms with Crippen LogP contribution in [-0.2, 0) is 16.6 Å². The molecular formula is C19H28IN5O2S2. The van der Waals surface area contributed by atoms with Crippen molar-refractivity contribution in [3.8, 4) is 0 Å². The van der Waals surface area contributed by atoms with E-state index in [1.807, 2.05) is 13.0 Å². The van der Waals surface area contributed by atoms with E-state index in [0.717, 1.165) is 44.0 Å². The summed E-state index contributed by atoms with van der Waals surface area (Å²) in [6, 6.07) is 11.2. The maximum atomic E-state index is 11.5. The van der Waals surface area contributed by atoms with Crippen molar-refractivity contribution in [2.45, 2.75) is 37.2 Å². The summed E-state index contributed by atoms with van der Waals surface area (Å²) >= 11 is 1.78. The molecule has 1 aliphatic heterocycles. The van der Waals surface area contributed by atoms with Gasteiger partial charge < -0.3 is 15.5 Å². The first-order valence-electron chi connectivity index (χ1n) is 9.40. The molecule has 0 saturated carbocycles. The van der Waals surface area contributed by atoms with E-state index >= 15 is 0 Å². The highest BCUT2D eigenvalue weighted by atomic mass is 127. The molecule has 1 fully saturated rings. The molecule has 10 heteroatoms. The lowest BCUT2D eigenvalue weighted by atomic mass is 10.1. The molecule has 3 rings (SSSR count). The second kappa shape index (κ2) is 11.1. The zero-order valence-corrected chi connectivity index (χ0v) is 20.3. The highest BCUT2D eigenvalue weighted by Crippen LogP contribution is 2.24. The van der Waals surface area contributed by atoms with Crippen molar-refractivity contribution in [3.63, 3.8) is 0 Å². The molecule has 2 aromatic rings.